The Morgan fingerprint density at radius 3 is 2.40 bits per heavy atom. The summed E-state index contributed by atoms with van der Waals surface area (Å²) in [4.78, 5) is 14.6. The highest BCUT2D eigenvalue weighted by Gasteiger charge is 2.38. The van der Waals surface area contributed by atoms with Gasteiger partial charge in [-0.15, -0.1) is 0 Å². The molecular weight excluding hydrogens is 252 g/mol. The van der Waals surface area contributed by atoms with Crippen LogP contribution in [0.5, 0.6) is 0 Å². The van der Waals surface area contributed by atoms with Crippen molar-refractivity contribution in [1.82, 2.24) is 10.2 Å². The number of nitrogens with one attached hydrogen (secondary N) is 1. The van der Waals surface area contributed by atoms with Crippen molar-refractivity contribution in [3.05, 3.63) is 0 Å². The number of esters is 1. The molecule has 20 heavy (non-hydrogen) atoms. The van der Waals surface area contributed by atoms with Gasteiger partial charge in [0.1, 0.15) is 5.54 Å². The van der Waals surface area contributed by atoms with Crippen LogP contribution in [0.25, 0.3) is 0 Å². The molecule has 0 spiro atoms. The summed E-state index contributed by atoms with van der Waals surface area (Å²) >= 11 is 0. The minimum atomic E-state index is -0.612. The molecule has 0 radical (unpaired) electrons. The van der Waals surface area contributed by atoms with Gasteiger partial charge in [-0.3, -0.25) is 10.1 Å². The molecule has 1 fully saturated rings. The standard InChI is InChI=1S/C16H32N2O2/c1-7-18(11-14-8-9-14)13(4)10-16(5,15(19)20-6)17-12(2)3/h12-14,17H,7-11H2,1-6H3. The molecule has 4 heteroatoms. The van der Waals surface area contributed by atoms with Crippen molar-refractivity contribution in [3.8, 4) is 0 Å². The van der Waals surface area contributed by atoms with Crippen molar-refractivity contribution in [2.75, 3.05) is 20.2 Å². The van der Waals surface area contributed by atoms with E-state index >= 15 is 0 Å². The van der Waals surface area contributed by atoms with Gasteiger partial charge < -0.3 is 9.64 Å². The quantitative estimate of drug-likeness (QED) is 0.660. The van der Waals surface area contributed by atoms with E-state index < -0.39 is 5.54 Å². The zero-order valence-corrected chi connectivity index (χ0v) is 14.0. The maximum atomic E-state index is 12.1. The molecule has 0 aromatic carbocycles. The van der Waals surface area contributed by atoms with Crippen LogP contribution in [0.3, 0.4) is 0 Å². The third kappa shape index (κ3) is 5.06. The Morgan fingerprint density at radius 2 is 2.00 bits per heavy atom. The fourth-order valence-corrected chi connectivity index (χ4v) is 3.04. The lowest BCUT2D eigenvalue weighted by Crippen LogP contribution is -2.56. The summed E-state index contributed by atoms with van der Waals surface area (Å²) in [5.74, 6) is 0.709. The smallest absolute Gasteiger partial charge is 0.325 e. The first-order chi connectivity index (χ1) is 9.32. The second-order valence-corrected chi connectivity index (χ2v) is 6.71. The third-order valence-electron chi connectivity index (χ3n) is 4.17. The zero-order chi connectivity index (χ0) is 15.3. The number of nitrogens with zero attached hydrogens (tertiary/aromatic N) is 1. The highest BCUT2D eigenvalue weighted by Crippen LogP contribution is 2.31. The molecular formula is C16H32N2O2. The van der Waals surface area contributed by atoms with Crippen LogP contribution in [-0.4, -0.2) is 48.7 Å². The Kier molecular flexibility index (Phi) is 6.46. The van der Waals surface area contributed by atoms with Gasteiger partial charge in [0.15, 0.2) is 0 Å². The fraction of sp³-hybridized carbons (Fsp3) is 0.938. The number of ether oxygens (including phenoxy) is 1. The van der Waals surface area contributed by atoms with Gasteiger partial charge in [0.2, 0.25) is 0 Å². The van der Waals surface area contributed by atoms with Crippen molar-refractivity contribution in [2.45, 2.75) is 71.5 Å². The van der Waals surface area contributed by atoms with Crippen LogP contribution >= 0.6 is 0 Å². The van der Waals surface area contributed by atoms with Crippen LogP contribution in [0, 0.1) is 5.92 Å². The van der Waals surface area contributed by atoms with Crippen molar-refractivity contribution in [1.29, 1.82) is 0 Å². The normalized spacial score (nSPS) is 20.0. The van der Waals surface area contributed by atoms with Gasteiger partial charge >= 0.3 is 5.97 Å². The average molecular weight is 284 g/mol. The van der Waals surface area contributed by atoms with Gasteiger partial charge in [-0.1, -0.05) is 6.92 Å². The lowest BCUT2D eigenvalue weighted by molar-refractivity contribution is -0.149. The monoisotopic (exact) mass is 284 g/mol. The summed E-state index contributed by atoms with van der Waals surface area (Å²) in [6, 6.07) is 0.626. The summed E-state index contributed by atoms with van der Waals surface area (Å²) in [6.07, 6.45) is 3.50. The van der Waals surface area contributed by atoms with E-state index in [1.54, 1.807) is 0 Å². The van der Waals surface area contributed by atoms with Crippen LogP contribution in [-0.2, 0) is 9.53 Å². The van der Waals surface area contributed by atoms with Crippen molar-refractivity contribution < 1.29 is 9.53 Å². The topological polar surface area (TPSA) is 41.6 Å². The van der Waals surface area contributed by atoms with Crippen molar-refractivity contribution in [3.63, 3.8) is 0 Å². The molecule has 1 aliphatic rings. The van der Waals surface area contributed by atoms with E-state index in [0.717, 1.165) is 25.4 Å². The molecule has 0 bridgehead atoms. The van der Waals surface area contributed by atoms with Gasteiger partial charge in [0.05, 0.1) is 7.11 Å². The Bertz CT molecular complexity index is 316. The summed E-state index contributed by atoms with van der Waals surface area (Å²) in [5.41, 5.74) is -0.612. The van der Waals surface area contributed by atoms with E-state index in [0.29, 0.717) is 6.04 Å². The molecule has 0 heterocycles. The molecule has 4 nitrogen and oxygen atoms in total. The molecule has 0 amide bonds. The second-order valence-electron chi connectivity index (χ2n) is 6.71. The lowest BCUT2D eigenvalue weighted by Gasteiger charge is -2.36. The maximum absolute atomic E-state index is 12.1. The third-order valence-corrected chi connectivity index (χ3v) is 4.17. The maximum Gasteiger partial charge on any atom is 0.325 e. The van der Waals surface area contributed by atoms with Gasteiger partial charge in [-0.05, 0) is 59.4 Å². The van der Waals surface area contributed by atoms with Gasteiger partial charge in [0.25, 0.3) is 0 Å². The van der Waals surface area contributed by atoms with E-state index in [9.17, 15) is 4.79 Å². The fourth-order valence-electron chi connectivity index (χ4n) is 3.04. The van der Waals surface area contributed by atoms with Gasteiger partial charge in [-0.2, -0.15) is 0 Å². The first-order valence-electron chi connectivity index (χ1n) is 7.92. The molecule has 0 aromatic heterocycles. The van der Waals surface area contributed by atoms with E-state index in [2.05, 4.69) is 37.9 Å². The van der Waals surface area contributed by atoms with Crippen LogP contribution < -0.4 is 5.32 Å². The Hall–Kier alpha value is -0.610. The lowest BCUT2D eigenvalue weighted by atomic mass is 9.91. The highest BCUT2D eigenvalue weighted by atomic mass is 16.5. The molecule has 1 saturated carbocycles. The predicted octanol–water partition coefficient (Wildman–Crippen LogP) is 2.43. The van der Waals surface area contributed by atoms with E-state index in [4.69, 9.17) is 4.74 Å². The van der Waals surface area contributed by atoms with Crippen LogP contribution in [0.1, 0.15) is 53.9 Å². The van der Waals surface area contributed by atoms with Crippen LogP contribution in [0.4, 0.5) is 0 Å². The summed E-state index contributed by atoms with van der Waals surface area (Å²) < 4.78 is 5.00. The summed E-state index contributed by atoms with van der Waals surface area (Å²) in [6.45, 7) is 12.7. The van der Waals surface area contributed by atoms with E-state index in [-0.39, 0.29) is 12.0 Å². The number of carbonyl (C=O) groups excluding carboxylic acids is 1. The Morgan fingerprint density at radius 1 is 1.40 bits per heavy atom. The summed E-state index contributed by atoms with van der Waals surface area (Å²) in [7, 11) is 1.47. The van der Waals surface area contributed by atoms with Gasteiger partial charge in [0, 0.05) is 18.6 Å². The number of rotatable bonds is 9. The molecule has 0 aliphatic heterocycles. The van der Waals surface area contributed by atoms with E-state index in [1.807, 2.05) is 6.92 Å². The van der Waals surface area contributed by atoms with Crippen LogP contribution in [0.2, 0.25) is 0 Å². The number of carbonyl (C=O) groups is 1. The number of methoxy groups -OCH3 is 1. The second kappa shape index (κ2) is 7.41. The largest absolute Gasteiger partial charge is 0.468 e. The van der Waals surface area contributed by atoms with Crippen molar-refractivity contribution in [2.24, 2.45) is 5.92 Å². The molecule has 1 aliphatic carbocycles. The molecule has 1 rings (SSSR count). The minimum Gasteiger partial charge on any atom is -0.468 e. The number of hydrogen-bond donors (Lipinski definition) is 1. The molecule has 118 valence electrons. The molecule has 2 atom stereocenters. The molecule has 0 saturated heterocycles. The zero-order valence-electron chi connectivity index (χ0n) is 14.0. The highest BCUT2D eigenvalue weighted by molar-refractivity contribution is 5.80. The minimum absolute atomic E-state index is 0.166. The van der Waals surface area contributed by atoms with Gasteiger partial charge in [-0.25, -0.2) is 0 Å². The van der Waals surface area contributed by atoms with Crippen molar-refractivity contribution >= 4 is 5.97 Å². The first kappa shape index (κ1) is 17.4. The average Bonchev–Trinajstić information content (AvgIpc) is 3.17. The predicted molar refractivity (Wildman–Crippen MR) is 82.7 cm³/mol. The molecule has 2 unspecified atom stereocenters. The first-order valence-corrected chi connectivity index (χ1v) is 7.92. The molecule has 1 N–H and O–H groups in total. The van der Waals surface area contributed by atoms with Crippen LogP contribution in [0.15, 0.2) is 0 Å². The Labute approximate surface area is 124 Å². The van der Waals surface area contributed by atoms with E-state index in [1.165, 1.54) is 20.0 Å². The Balaban J connectivity index is 2.68. The molecule has 0 aromatic rings. The SMILES string of the molecule is CCN(CC1CC1)C(C)CC(C)(NC(C)C)C(=O)OC. The summed E-state index contributed by atoms with van der Waals surface area (Å²) in [5, 5.41) is 3.38. The number of hydrogen-bond acceptors (Lipinski definition) is 4.